The van der Waals surface area contributed by atoms with Crippen LogP contribution in [0.3, 0.4) is 0 Å². The zero-order valence-corrected chi connectivity index (χ0v) is 5.74. The highest BCUT2D eigenvalue weighted by Crippen LogP contribution is 2.13. The van der Waals surface area contributed by atoms with Crippen LogP contribution in [0.5, 0.6) is 0 Å². The first kappa shape index (κ1) is 7.67. The third kappa shape index (κ3) is 2.10. The fraction of sp³-hybridized carbons (Fsp3) is 0.714. The summed E-state index contributed by atoms with van der Waals surface area (Å²) >= 11 is 0. The van der Waals surface area contributed by atoms with E-state index in [1.54, 1.807) is 6.92 Å². The fourth-order valence-corrected chi connectivity index (χ4v) is 0.480. The average Bonchev–Trinajstić information content (AvgIpc) is 1.84. The lowest BCUT2D eigenvalue weighted by molar-refractivity contribution is 0.481. The van der Waals surface area contributed by atoms with Crippen molar-refractivity contribution in [2.24, 2.45) is 5.92 Å². The monoisotopic (exact) mass is 116 g/mol. The van der Waals surface area contributed by atoms with Crippen LogP contribution < -0.4 is 0 Å². The molecular weight excluding hydrogens is 103 g/mol. The van der Waals surface area contributed by atoms with Crippen LogP contribution in [0.4, 0.5) is 4.39 Å². The van der Waals surface area contributed by atoms with Crippen molar-refractivity contribution in [2.75, 3.05) is 0 Å². The van der Waals surface area contributed by atoms with Crippen molar-refractivity contribution in [1.29, 1.82) is 0 Å². The van der Waals surface area contributed by atoms with Crippen molar-refractivity contribution in [1.82, 2.24) is 0 Å². The lowest BCUT2D eigenvalue weighted by atomic mass is 10.1. The van der Waals surface area contributed by atoms with E-state index in [0.29, 0.717) is 0 Å². The number of halogens is 1. The third-order valence-corrected chi connectivity index (χ3v) is 1.36. The van der Waals surface area contributed by atoms with E-state index < -0.39 is 0 Å². The topological polar surface area (TPSA) is 0 Å². The van der Waals surface area contributed by atoms with Gasteiger partial charge in [-0.1, -0.05) is 19.9 Å². The number of rotatable bonds is 2. The Labute approximate surface area is 50.4 Å². The zero-order valence-electron chi connectivity index (χ0n) is 5.74. The molecule has 0 saturated heterocycles. The van der Waals surface area contributed by atoms with E-state index in [1.807, 2.05) is 13.8 Å². The molecule has 0 aliphatic carbocycles. The van der Waals surface area contributed by atoms with Gasteiger partial charge in [0.1, 0.15) is 0 Å². The van der Waals surface area contributed by atoms with Crippen LogP contribution in [0.1, 0.15) is 27.2 Å². The molecule has 1 heteroatoms. The first-order valence-corrected chi connectivity index (χ1v) is 3.04. The molecule has 0 spiro atoms. The lowest BCUT2D eigenvalue weighted by Gasteiger charge is -2.01. The minimum absolute atomic E-state index is 0.00694. The van der Waals surface area contributed by atoms with Crippen molar-refractivity contribution < 1.29 is 4.39 Å². The van der Waals surface area contributed by atoms with Crippen molar-refractivity contribution in [3.05, 3.63) is 11.9 Å². The van der Waals surface area contributed by atoms with E-state index in [4.69, 9.17) is 0 Å². The summed E-state index contributed by atoms with van der Waals surface area (Å²) < 4.78 is 12.4. The molecule has 1 atom stereocenters. The predicted molar refractivity (Wildman–Crippen MR) is 34.3 cm³/mol. The zero-order chi connectivity index (χ0) is 6.57. The molecule has 0 heterocycles. The van der Waals surface area contributed by atoms with Gasteiger partial charge in [0.15, 0.2) is 0 Å². The molecule has 0 bridgehead atoms. The van der Waals surface area contributed by atoms with Gasteiger partial charge < -0.3 is 0 Å². The highest BCUT2D eigenvalue weighted by molar-refractivity contribution is 4.92. The predicted octanol–water partition coefficient (Wildman–Crippen LogP) is 2.91. The van der Waals surface area contributed by atoms with E-state index in [2.05, 4.69) is 0 Å². The Morgan fingerprint density at radius 1 is 1.75 bits per heavy atom. The van der Waals surface area contributed by atoms with Crippen molar-refractivity contribution in [2.45, 2.75) is 27.2 Å². The molecule has 0 amide bonds. The molecule has 0 aliphatic heterocycles. The first-order chi connectivity index (χ1) is 3.72. The van der Waals surface area contributed by atoms with E-state index >= 15 is 0 Å². The Kier molecular flexibility index (Phi) is 3.49. The van der Waals surface area contributed by atoms with Crippen molar-refractivity contribution in [3.63, 3.8) is 0 Å². The maximum atomic E-state index is 12.4. The molecule has 48 valence electrons. The summed E-state index contributed by atoms with van der Waals surface area (Å²) in [6.45, 7) is 5.59. The molecule has 0 radical (unpaired) electrons. The molecule has 0 rings (SSSR count). The van der Waals surface area contributed by atoms with Gasteiger partial charge in [-0.25, -0.2) is 4.39 Å². The Balaban J connectivity index is 3.63. The van der Waals surface area contributed by atoms with E-state index in [1.165, 1.54) is 6.08 Å². The van der Waals surface area contributed by atoms with E-state index in [0.717, 1.165) is 6.42 Å². The van der Waals surface area contributed by atoms with Gasteiger partial charge in [-0.05, 0) is 13.3 Å². The highest BCUT2D eigenvalue weighted by Gasteiger charge is 2.01. The van der Waals surface area contributed by atoms with Gasteiger partial charge in [-0.3, -0.25) is 0 Å². The summed E-state index contributed by atoms with van der Waals surface area (Å²) in [6.07, 6.45) is 2.41. The molecule has 0 aromatic rings. The molecule has 0 nitrogen and oxygen atoms in total. The number of hydrogen-bond donors (Lipinski definition) is 0. The Bertz CT molecular complexity index is 84.4. The maximum absolute atomic E-state index is 12.4. The van der Waals surface area contributed by atoms with Crippen molar-refractivity contribution >= 4 is 0 Å². The van der Waals surface area contributed by atoms with Crippen LogP contribution in [0.15, 0.2) is 11.9 Å². The van der Waals surface area contributed by atoms with Gasteiger partial charge in [0, 0.05) is 5.92 Å². The molecule has 0 N–H and O–H groups in total. The Hall–Kier alpha value is -0.330. The van der Waals surface area contributed by atoms with Gasteiger partial charge in [0.2, 0.25) is 0 Å². The molecule has 0 aliphatic rings. The summed E-state index contributed by atoms with van der Waals surface area (Å²) in [7, 11) is 0. The fourth-order valence-electron chi connectivity index (χ4n) is 0.480. The standard InChI is InChI=1S/C7H13F/c1-4-6(3)7(8)5-2/h5-6H,4H2,1-3H3/b7-5+/t6-/m0/s1. The summed E-state index contributed by atoms with van der Waals surface area (Å²) in [4.78, 5) is 0. The maximum Gasteiger partial charge on any atom is 0.0985 e. The SMILES string of the molecule is C/C=C(/F)[C@@H](C)CC. The second kappa shape index (κ2) is 3.65. The van der Waals surface area contributed by atoms with Gasteiger partial charge in [-0.15, -0.1) is 0 Å². The Morgan fingerprint density at radius 3 is 2.38 bits per heavy atom. The summed E-state index contributed by atoms with van der Waals surface area (Å²) in [5.74, 6) is 0.118. The minimum Gasteiger partial charge on any atom is -0.212 e. The average molecular weight is 116 g/mol. The van der Waals surface area contributed by atoms with Crippen LogP contribution in [-0.4, -0.2) is 0 Å². The minimum atomic E-state index is 0.00694. The third-order valence-electron chi connectivity index (χ3n) is 1.36. The first-order valence-electron chi connectivity index (χ1n) is 3.04. The van der Waals surface area contributed by atoms with Crippen LogP contribution in [0.25, 0.3) is 0 Å². The number of allylic oxidation sites excluding steroid dienone is 2. The van der Waals surface area contributed by atoms with Crippen molar-refractivity contribution in [3.8, 4) is 0 Å². The van der Waals surface area contributed by atoms with Crippen LogP contribution in [0, 0.1) is 5.92 Å². The highest BCUT2D eigenvalue weighted by atomic mass is 19.1. The van der Waals surface area contributed by atoms with Gasteiger partial charge in [0.25, 0.3) is 0 Å². The van der Waals surface area contributed by atoms with Gasteiger partial charge in [0.05, 0.1) is 5.83 Å². The summed E-state index contributed by atoms with van der Waals surface area (Å²) in [5, 5.41) is 0. The lowest BCUT2D eigenvalue weighted by Crippen LogP contribution is -1.90. The summed E-state index contributed by atoms with van der Waals surface area (Å²) in [5.41, 5.74) is 0. The quantitative estimate of drug-likeness (QED) is 0.520. The smallest absolute Gasteiger partial charge is 0.0985 e. The molecule has 0 unspecified atom stereocenters. The molecular formula is C7H13F. The van der Waals surface area contributed by atoms with Crippen LogP contribution >= 0.6 is 0 Å². The van der Waals surface area contributed by atoms with Crippen LogP contribution in [0.2, 0.25) is 0 Å². The second-order valence-electron chi connectivity index (χ2n) is 1.98. The number of hydrogen-bond acceptors (Lipinski definition) is 0. The largest absolute Gasteiger partial charge is 0.212 e. The molecule has 0 fully saturated rings. The molecule has 0 aromatic heterocycles. The molecule has 0 saturated carbocycles. The van der Waals surface area contributed by atoms with E-state index in [9.17, 15) is 4.39 Å². The Morgan fingerprint density at radius 2 is 2.25 bits per heavy atom. The van der Waals surface area contributed by atoms with Gasteiger partial charge in [-0.2, -0.15) is 0 Å². The van der Waals surface area contributed by atoms with E-state index in [-0.39, 0.29) is 11.7 Å². The second-order valence-corrected chi connectivity index (χ2v) is 1.98. The molecule has 0 aromatic carbocycles. The normalized spacial score (nSPS) is 16.2. The van der Waals surface area contributed by atoms with Gasteiger partial charge >= 0.3 is 0 Å². The summed E-state index contributed by atoms with van der Waals surface area (Å²) in [6, 6.07) is 0. The molecule has 8 heavy (non-hydrogen) atoms. The van der Waals surface area contributed by atoms with Crippen LogP contribution in [-0.2, 0) is 0 Å².